The molecule has 8 aromatic rings. The van der Waals surface area contributed by atoms with E-state index in [0.29, 0.717) is 28.1 Å². The summed E-state index contributed by atoms with van der Waals surface area (Å²) in [5.41, 5.74) is 8.45. The van der Waals surface area contributed by atoms with E-state index in [1.807, 2.05) is 18.2 Å². The second kappa shape index (κ2) is 9.52. The molecule has 6 heteroatoms. The molecule has 6 nitrogen and oxygen atoms in total. The van der Waals surface area contributed by atoms with Crippen LogP contribution in [0.15, 0.2) is 127 Å². The third-order valence-corrected chi connectivity index (χ3v) is 9.14. The number of carbonyl (C=O) groups excluding carboxylic acids is 2. The van der Waals surface area contributed by atoms with Crippen LogP contribution in [-0.4, -0.2) is 20.9 Å². The average molecular weight is 593 g/mol. The van der Waals surface area contributed by atoms with Gasteiger partial charge in [-0.2, -0.15) is 5.26 Å². The Morgan fingerprint density at radius 1 is 0.543 bits per heavy atom. The summed E-state index contributed by atoms with van der Waals surface area (Å²) >= 11 is 0. The number of hydrogen-bond acceptors (Lipinski definition) is 3. The molecular weight excluding hydrogens is 568 g/mol. The molecule has 0 fully saturated rings. The van der Waals surface area contributed by atoms with E-state index in [1.165, 1.54) is 10.5 Å². The second-order valence-corrected chi connectivity index (χ2v) is 11.7. The summed E-state index contributed by atoms with van der Waals surface area (Å²) < 4.78 is 4.39. The first-order valence-corrected chi connectivity index (χ1v) is 15.1. The summed E-state index contributed by atoms with van der Waals surface area (Å²) in [5, 5.41) is 14.3. The number of rotatable bonds is 3. The largest absolute Gasteiger partial charge is 0.309 e. The molecule has 216 valence electrons. The highest BCUT2D eigenvalue weighted by Crippen LogP contribution is 2.44. The third-order valence-electron chi connectivity index (χ3n) is 9.14. The van der Waals surface area contributed by atoms with Crippen LogP contribution in [0.25, 0.3) is 55.0 Å². The van der Waals surface area contributed by atoms with E-state index < -0.39 is 0 Å². The van der Waals surface area contributed by atoms with Gasteiger partial charge in [-0.3, -0.25) is 9.59 Å². The number of fused-ring (bicyclic) bond motifs is 8. The van der Waals surface area contributed by atoms with Gasteiger partial charge in [0, 0.05) is 27.2 Å². The number of aryl methyl sites for hydroxylation is 1. The van der Waals surface area contributed by atoms with Gasteiger partial charge >= 0.3 is 0 Å². The van der Waals surface area contributed by atoms with Gasteiger partial charge in [0.05, 0.1) is 56.2 Å². The van der Waals surface area contributed by atoms with Crippen LogP contribution in [0.1, 0.15) is 31.8 Å². The van der Waals surface area contributed by atoms with Crippen LogP contribution in [0.4, 0.5) is 5.69 Å². The van der Waals surface area contributed by atoms with Crippen LogP contribution in [0.2, 0.25) is 0 Å². The molecule has 1 aliphatic rings. The number of imide groups is 1. The van der Waals surface area contributed by atoms with Crippen molar-refractivity contribution in [1.82, 2.24) is 9.13 Å². The van der Waals surface area contributed by atoms with E-state index in [2.05, 4.69) is 88.9 Å². The smallest absolute Gasteiger partial charge is 0.266 e. The van der Waals surface area contributed by atoms with Crippen molar-refractivity contribution in [3.63, 3.8) is 0 Å². The van der Waals surface area contributed by atoms with Crippen molar-refractivity contribution in [1.29, 1.82) is 5.26 Å². The summed E-state index contributed by atoms with van der Waals surface area (Å²) in [6.45, 7) is 2.09. The Hall–Kier alpha value is -6.45. The van der Waals surface area contributed by atoms with Gasteiger partial charge < -0.3 is 9.13 Å². The molecule has 2 amide bonds. The fourth-order valence-corrected chi connectivity index (χ4v) is 7.12. The molecule has 0 bridgehead atoms. The monoisotopic (exact) mass is 592 g/mol. The molecule has 0 atom stereocenters. The van der Waals surface area contributed by atoms with Gasteiger partial charge in [-0.15, -0.1) is 0 Å². The van der Waals surface area contributed by atoms with E-state index in [-0.39, 0.29) is 11.8 Å². The fourth-order valence-electron chi connectivity index (χ4n) is 7.12. The lowest BCUT2D eigenvalue weighted by atomic mass is 10.1. The van der Waals surface area contributed by atoms with Gasteiger partial charge in [0.2, 0.25) is 0 Å². The minimum Gasteiger partial charge on any atom is -0.309 e. The minimum absolute atomic E-state index is 0.371. The number of hydrogen-bond donors (Lipinski definition) is 0. The summed E-state index contributed by atoms with van der Waals surface area (Å²) in [6.07, 6.45) is 0. The van der Waals surface area contributed by atoms with E-state index in [4.69, 9.17) is 0 Å². The Labute approximate surface area is 263 Å². The number of nitriles is 1. The van der Waals surface area contributed by atoms with Gasteiger partial charge in [0.15, 0.2) is 0 Å². The lowest BCUT2D eigenvalue weighted by Gasteiger charge is -2.20. The maximum Gasteiger partial charge on any atom is 0.266 e. The van der Waals surface area contributed by atoms with E-state index in [0.717, 1.165) is 49.3 Å². The normalized spacial score (nSPS) is 12.9. The Bertz CT molecular complexity index is 2620. The van der Waals surface area contributed by atoms with Crippen molar-refractivity contribution in [2.75, 3.05) is 4.90 Å². The lowest BCUT2D eigenvalue weighted by molar-refractivity contribution is 0.0926. The molecule has 6 aromatic carbocycles. The standard InChI is InChI=1S/C40H24N4O2/c1-24-14-17-26(18-15-24)42-31-12-6-4-10-29(31)37-34(42)20-21-35-38(37)30-11-5-7-13-32(30)43(35)36-22-25(23-41)16-19-33(36)44-39(45)27-8-2-3-9-28(27)40(44)46/h2-22H,1H3. The molecule has 0 radical (unpaired) electrons. The first kappa shape index (κ1) is 26.0. The summed E-state index contributed by atoms with van der Waals surface area (Å²) in [7, 11) is 0. The van der Waals surface area contributed by atoms with Crippen LogP contribution in [-0.2, 0) is 0 Å². The van der Waals surface area contributed by atoms with Crippen LogP contribution in [0.5, 0.6) is 0 Å². The van der Waals surface area contributed by atoms with Gasteiger partial charge in [-0.1, -0.05) is 66.2 Å². The predicted molar refractivity (Wildman–Crippen MR) is 182 cm³/mol. The Kier molecular flexibility index (Phi) is 5.38. The molecule has 0 aliphatic carbocycles. The minimum atomic E-state index is -0.379. The van der Waals surface area contributed by atoms with Crippen molar-refractivity contribution in [3.05, 3.63) is 150 Å². The van der Waals surface area contributed by atoms with Gasteiger partial charge in [0.25, 0.3) is 11.8 Å². The molecule has 1 aliphatic heterocycles. The van der Waals surface area contributed by atoms with Crippen LogP contribution in [0, 0.1) is 18.3 Å². The maximum absolute atomic E-state index is 13.7. The predicted octanol–water partition coefficient (Wildman–Crippen LogP) is 8.86. The average Bonchev–Trinajstić information content (AvgIpc) is 3.70. The van der Waals surface area contributed by atoms with E-state index in [9.17, 15) is 14.9 Å². The number of para-hydroxylation sites is 2. The summed E-state index contributed by atoms with van der Waals surface area (Å²) in [5.74, 6) is -0.758. The molecule has 46 heavy (non-hydrogen) atoms. The lowest BCUT2D eigenvalue weighted by Crippen LogP contribution is -2.30. The Balaban J connectivity index is 1.40. The molecule has 0 unspecified atom stereocenters. The zero-order valence-electron chi connectivity index (χ0n) is 24.7. The fraction of sp³-hybridized carbons (Fsp3) is 0.0250. The first-order valence-electron chi connectivity index (χ1n) is 15.1. The molecule has 9 rings (SSSR count). The molecule has 0 N–H and O–H groups in total. The summed E-state index contributed by atoms with van der Waals surface area (Å²) in [6, 6.07) is 43.7. The number of aromatic nitrogens is 2. The highest BCUT2D eigenvalue weighted by molar-refractivity contribution is 6.35. The molecule has 3 heterocycles. The summed E-state index contributed by atoms with van der Waals surface area (Å²) in [4.78, 5) is 28.7. The van der Waals surface area contributed by atoms with Crippen molar-refractivity contribution in [3.8, 4) is 17.4 Å². The van der Waals surface area contributed by atoms with E-state index >= 15 is 0 Å². The number of nitrogens with zero attached hydrogens (tertiary/aromatic N) is 4. The van der Waals surface area contributed by atoms with Crippen molar-refractivity contribution in [2.45, 2.75) is 6.92 Å². The van der Waals surface area contributed by atoms with Crippen molar-refractivity contribution < 1.29 is 9.59 Å². The molecule has 0 saturated heterocycles. The highest BCUT2D eigenvalue weighted by atomic mass is 16.2. The molecule has 2 aromatic heterocycles. The van der Waals surface area contributed by atoms with Crippen LogP contribution in [0.3, 0.4) is 0 Å². The van der Waals surface area contributed by atoms with Crippen LogP contribution >= 0.6 is 0 Å². The van der Waals surface area contributed by atoms with Gasteiger partial charge in [-0.25, -0.2) is 4.90 Å². The Morgan fingerprint density at radius 2 is 1.09 bits per heavy atom. The molecule has 0 saturated carbocycles. The first-order chi connectivity index (χ1) is 22.5. The van der Waals surface area contributed by atoms with E-state index in [1.54, 1.807) is 42.5 Å². The Morgan fingerprint density at radius 3 is 1.70 bits per heavy atom. The maximum atomic E-state index is 13.7. The number of carbonyl (C=O) groups is 2. The molecule has 0 spiro atoms. The van der Waals surface area contributed by atoms with Crippen molar-refractivity contribution >= 4 is 61.1 Å². The topological polar surface area (TPSA) is 71.0 Å². The van der Waals surface area contributed by atoms with Gasteiger partial charge in [0.1, 0.15) is 0 Å². The highest BCUT2D eigenvalue weighted by Gasteiger charge is 2.38. The SMILES string of the molecule is Cc1ccc(-n2c3ccccc3c3c4c5ccccc5n(-c5cc(C#N)ccc5N5C(=O)c6ccccc6C5=O)c4ccc32)cc1. The quantitative estimate of drug-likeness (QED) is 0.192. The zero-order chi connectivity index (χ0) is 31.1. The van der Waals surface area contributed by atoms with Crippen LogP contribution < -0.4 is 4.90 Å². The van der Waals surface area contributed by atoms with Crippen molar-refractivity contribution in [2.24, 2.45) is 0 Å². The zero-order valence-corrected chi connectivity index (χ0v) is 24.7. The molecular formula is C40H24N4O2. The second-order valence-electron chi connectivity index (χ2n) is 11.7. The third kappa shape index (κ3) is 3.45. The van der Waals surface area contributed by atoms with Gasteiger partial charge in [-0.05, 0) is 73.7 Å². The number of anilines is 1. The number of benzene rings is 6. The number of amides is 2.